The first-order chi connectivity index (χ1) is 9.62. The van der Waals surface area contributed by atoms with Crippen LogP contribution >= 0.6 is 0 Å². The number of rotatable bonds is 6. The topological polar surface area (TPSA) is 12.0 Å². The zero-order valence-corrected chi connectivity index (χ0v) is 13.5. The van der Waals surface area contributed by atoms with Crippen molar-refractivity contribution < 1.29 is 13.2 Å². The minimum absolute atomic E-state index is 0.0484. The highest BCUT2D eigenvalue weighted by atomic mass is 19.4. The molecule has 1 aromatic rings. The lowest BCUT2D eigenvalue weighted by atomic mass is 9.85. The largest absolute Gasteiger partial charge is 0.416 e. The third-order valence-electron chi connectivity index (χ3n) is 4.11. The molecule has 0 fully saturated rings. The maximum atomic E-state index is 12.5. The Balaban J connectivity index is 2.65. The summed E-state index contributed by atoms with van der Waals surface area (Å²) in [6.45, 7) is 11.7. The first kappa shape index (κ1) is 18.0. The van der Waals surface area contributed by atoms with Crippen molar-refractivity contribution in [2.45, 2.75) is 46.8 Å². The van der Waals surface area contributed by atoms with Crippen LogP contribution in [0.15, 0.2) is 24.3 Å². The van der Waals surface area contributed by atoms with Gasteiger partial charge in [0, 0.05) is 6.04 Å². The van der Waals surface area contributed by atoms with Crippen molar-refractivity contribution in [1.29, 1.82) is 0 Å². The first-order valence-electron chi connectivity index (χ1n) is 7.53. The van der Waals surface area contributed by atoms with Gasteiger partial charge in [0.1, 0.15) is 0 Å². The molecule has 0 aromatic heterocycles. The highest BCUT2D eigenvalue weighted by Gasteiger charge is 2.30. The standard InChI is InChI=1S/C17H26F3N/c1-11(2)16(12(3)4)10-21-13(5)14-6-8-15(9-7-14)17(18,19)20/h6-9,11-13,16,21H,10H2,1-5H3. The van der Waals surface area contributed by atoms with E-state index in [1.807, 2.05) is 6.92 Å². The molecule has 1 N–H and O–H groups in total. The Morgan fingerprint density at radius 2 is 1.38 bits per heavy atom. The molecule has 1 unspecified atom stereocenters. The van der Waals surface area contributed by atoms with E-state index in [0.29, 0.717) is 17.8 Å². The van der Waals surface area contributed by atoms with Crippen LogP contribution in [0.2, 0.25) is 0 Å². The van der Waals surface area contributed by atoms with Crippen molar-refractivity contribution in [3.63, 3.8) is 0 Å². The molecule has 21 heavy (non-hydrogen) atoms. The number of hydrogen-bond donors (Lipinski definition) is 1. The van der Waals surface area contributed by atoms with Crippen molar-refractivity contribution in [3.8, 4) is 0 Å². The maximum absolute atomic E-state index is 12.5. The normalized spacial score (nSPS) is 14.2. The van der Waals surface area contributed by atoms with Crippen molar-refractivity contribution in [3.05, 3.63) is 35.4 Å². The minimum Gasteiger partial charge on any atom is -0.310 e. The van der Waals surface area contributed by atoms with E-state index >= 15 is 0 Å². The lowest BCUT2D eigenvalue weighted by molar-refractivity contribution is -0.137. The number of hydrogen-bond acceptors (Lipinski definition) is 1. The third kappa shape index (κ3) is 5.34. The van der Waals surface area contributed by atoms with Gasteiger partial charge >= 0.3 is 6.18 Å². The number of benzene rings is 1. The van der Waals surface area contributed by atoms with Crippen LogP contribution in [-0.4, -0.2) is 6.54 Å². The predicted molar refractivity (Wildman–Crippen MR) is 81.0 cm³/mol. The molecule has 1 aromatic carbocycles. The molecule has 0 radical (unpaired) electrons. The highest BCUT2D eigenvalue weighted by Crippen LogP contribution is 2.30. The summed E-state index contributed by atoms with van der Waals surface area (Å²) in [5, 5.41) is 3.44. The van der Waals surface area contributed by atoms with Gasteiger partial charge in [0.05, 0.1) is 5.56 Å². The summed E-state index contributed by atoms with van der Waals surface area (Å²) >= 11 is 0. The molecule has 0 amide bonds. The van der Waals surface area contributed by atoms with E-state index in [9.17, 15) is 13.2 Å². The van der Waals surface area contributed by atoms with Gasteiger partial charge in [0.15, 0.2) is 0 Å². The Labute approximate surface area is 125 Å². The molecule has 1 nitrogen and oxygen atoms in total. The van der Waals surface area contributed by atoms with E-state index in [0.717, 1.165) is 24.2 Å². The molecular formula is C17H26F3N. The van der Waals surface area contributed by atoms with Crippen molar-refractivity contribution >= 4 is 0 Å². The molecule has 0 aliphatic heterocycles. The van der Waals surface area contributed by atoms with Gasteiger partial charge in [-0.2, -0.15) is 13.2 Å². The van der Waals surface area contributed by atoms with Crippen LogP contribution in [0.4, 0.5) is 13.2 Å². The fourth-order valence-electron chi connectivity index (χ4n) is 2.63. The second-order valence-electron chi connectivity index (χ2n) is 6.40. The van der Waals surface area contributed by atoms with Crippen molar-refractivity contribution in [1.82, 2.24) is 5.32 Å². The average Bonchev–Trinajstić information content (AvgIpc) is 2.37. The molecule has 1 rings (SSSR count). The number of alkyl halides is 3. The predicted octanol–water partition coefficient (Wildman–Crippen LogP) is 5.28. The van der Waals surface area contributed by atoms with Crippen molar-refractivity contribution in [2.75, 3.05) is 6.54 Å². The summed E-state index contributed by atoms with van der Waals surface area (Å²) < 4.78 is 37.6. The van der Waals surface area contributed by atoms with Gasteiger partial charge in [0.2, 0.25) is 0 Å². The molecule has 0 saturated carbocycles. The number of nitrogens with one attached hydrogen (secondary N) is 1. The second kappa shape index (κ2) is 7.30. The summed E-state index contributed by atoms with van der Waals surface area (Å²) in [4.78, 5) is 0. The van der Waals surface area contributed by atoms with E-state index in [-0.39, 0.29) is 6.04 Å². The molecule has 0 aliphatic carbocycles. The molecule has 0 bridgehead atoms. The van der Waals surface area contributed by atoms with Crippen molar-refractivity contribution in [2.24, 2.45) is 17.8 Å². The maximum Gasteiger partial charge on any atom is 0.416 e. The summed E-state index contributed by atoms with van der Waals surface area (Å²) in [6, 6.07) is 5.46. The Bertz CT molecular complexity index is 413. The van der Waals surface area contributed by atoms with Gasteiger partial charge in [-0.15, -0.1) is 0 Å². The van der Waals surface area contributed by atoms with Crippen LogP contribution in [-0.2, 0) is 6.18 Å². The van der Waals surface area contributed by atoms with E-state index in [4.69, 9.17) is 0 Å². The van der Waals surface area contributed by atoms with Crippen LogP contribution in [0.1, 0.15) is 51.8 Å². The Hall–Kier alpha value is -1.03. The molecule has 0 aliphatic rings. The fourth-order valence-corrected chi connectivity index (χ4v) is 2.63. The van der Waals surface area contributed by atoms with Gasteiger partial charge in [-0.05, 0) is 48.9 Å². The van der Waals surface area contributed by atoms with Gasteiger partial charge in [-0.3, -0.25) is 0 Å². The van der Waals surface area contributed by atoms with E-state index in [1.165, 1.54) is 0 Å². The van der Waals surface area contributed by atoms with E-state index < -0.39 is 11.7 Å². The Morgan fingerprint density at radius 3 is 1.76 bits per heavy atom. The molecule has 0 spiro atoms. The molecular weight excluding hydrogens is 275 g/mol. The molecule has 1 atom stereocenters. The zero-order chi connectivity index (χ0) is 16.2. The zero-order valence-electron chi connectivity index (χ0n) is 13.5. The van der Waals surface area contributed by atoms with E-state index in [1.54, 1.807) is 12.1 Å². The Morgan fingerprint density at radius 1 is 0.905 bits per heavy atom. The van der Waals surface area contributed by atoms with Gasteiger partial charge in [-0.1, -0.05) is 39.8 Å². The first-order valence-corrected chi connectivity index (χ1v) is 7.53. The quantitative estimate of drug-likeness (QED) is 0.753. The average molecular weight is 301 g/mol. The van der Waals surface area contributed by atoms with Gasteiger partial charge in [-0.25, -0.2) is 0 Å². The van der Waals surface area contributed by atoms with Crippen LogP contribution in [0.5, 0.6) is 0 Å². The smallest absolute Gasteiger partial charge is 0.310 e. The third-order valence-corrected chi connectivity index (χ3v) is 4.11. The van der Waals surface area contributed by atoms with Gasteiger partial charge in [0.25, 0.3) is 0 Å². The van der Waals surface area contributed by atoms with Crippen LogP contribution in [0, 0.1) is 17.8 Å². The van der Waals surface area contributed by atoms with Crippen LogP contribution in [0.25, 0.3) is 0 Å². The van der Waals surface area contributed by atoms with Crippen LogP contribution in [0.3, 0.4) is 0 Å². The minimum atomic E-state index is -4.27. The summed E-state index contributed by atoms with van der Waals surface area (Å²) in [5.74, 6) is 1.72. The summed E-state index contributed by atoms with van der Waals surface area (Å²) in [5.41, 5.74) is 0.287. The SMILES string of the molecule is CC(NCC(C(C)C)C(C)C)c1ccc(C(F)(F)F)cc1. The summed E-state index contributed by atoms with van der Waals surface area (Å²) in [6.07, 6.45) is -4.27. The molecule has 120 valence electrons. The van der Waals surface area contributed by atoms with E-state index in [2.05, 4.69) is 33.0 Å². The Kier molecular flexibility index (Phi) is 6.26. The monoisotopic (exact) mass is 301 g/mol. The number of halogens is 3. The van der Waals surface area contributed by atoms with Gasteiger partial charge < -0.3 is 5.32 Å². The second-order valence-corrected chi connectivity index (χ2v) is 6.40. The molecule has 4 heteroatoms. The van der Waals surface area contributed by atoms with Crippen LogP contribution < -0.4 is 5.32 Å². The molecule has 0 saturated heterocycles. The molecule has 0 heterocycles. The fraction of sp³-hybridized carbons (Fsp3) is 0.647. The highest BCUT2D eigenvalue weighted by molar-refractivity contribution is 5.26. The lowest BCUT2D eigenvalue weighted by Crippen LogP contribution is -2.31. The summed E-state index contributed by atoms with van der Waals surface area (Å²) in [7, 11) is 0. The lowest BCUT2D eigenvalue weighted by Gasteiger charge is -2.27.